The molecule has 5 nitrogen and oxygen atoms in total. The fraction of sp³-hybridized carbons (Fsp3) is 0.462. The monoisotopic (exact) mass is 360 g/mol. The second kappa shape index (κ2) is 5.83. The Kier molecular flexibility index (Phi) is 4.51. The standard InChI is InChI=1S/C13H17BrN2O3S/c1-10-9-11(3-4-12(10)14)13(17)15-5-7-16(8-6-15)20(2,18)19/h3-4,9H,5-8H2,1-2H3. The van der Waals surface area contributed by atoms with Crippen molar-refractivity contribution in [3.05, 3.63) is 33.8 Å². The van der Waals surface area contributed by atoms with Gasteiger partial charge in [0, 0.05) is 36.2 Å². The summed E-state index contributed by atoms with van der Waals surface area (Å²) >= 11 is 3.41. The van der Waals surface area contributed by atoms with E-state index in [4.69, 9.17) is 0 Å². The molecule has 110 valence electrons. The van der Waals surface area contributed by atoms with Gasteiger partial charge >= 0.3 is 0 Å². The summed E-state index contributed by atoms with van der Waals surface area (Å²) in [7, 11) is -3.16. The van der Waals surface area contributed by atoms with Gasteiger partial charge in [0.1, 0.15) is 0 Å². The number of hydrogen-bond acceptors (Lipinski definition) is 3. The minimum Gasteiger partial charge on any atom is -0.336 e. The molecule has 2 rings (SSSR count). The van der Waals surface area contributed by atoms with E-state index in [-0.39, 0.29) is 5.91 Å². The van der Waals surface area contributed by atoms with Crippen LogP contribution in [0, 0.1) is 6.92 Å². The van der Waals surface area contributed by atoms with Crippen molar-refractivity contribution in [2.75, 3.05) is 32.4 Å². The molecular weight excluding hydrogens is 344 g/mol. The first-order chi connectivity index (χ1) is 9.29. The first-order valence-corrected chi connectivity index (χ1v) is 8.94. The molecule has 1 aliphatic rings. The van der Waals surface area contributed by atoms with Gasteiger partial charge in [-0.3, -0.25) is 4.79 Å². The number of hydrogen-bond donors (Lipinski definition) is 0. The zero-order chi connectivity index (χ0) is 14.9. The molecule has 0 aliphatic carbocycles. The molecule has 0 N–H and O–H groups in total. The number of rotatable bonds is 2. The van der Waals surface area contributed by atoms with Crippen LogP contribution in [0.1, 0.15) is 15.9 Å². The normalized spacial score (nSPS) is 17.2. The Labute approximate surface area is 127 Å². The molecule has 20 heavy (non-hydrogen) atoms. The number of piperazine rings is 1. The molecule has 1 amide bonds. The first kappa shape index (κ1) is 15.5. The third-order valence-electron chi connectivity index (χ3n) is 3.40. The molecule has 1 heterocycles. The highest BCUT2D eigenvalue weighted by Crippen LogP contribution is 2.19. The third kappa shape index (κ3) is 3.39. The Hall–Kier alpha value is -0.920. The highest BCUT2D eigenvalue weighted by Gasteiger charge is 2.26. The van der Waals surface area contributed by atoms with Gasteiger partial charge in [-0.1, -0.05) is 15.9 Å². The van der Waals surface area contributed by atoms with E-state index in [1.54, 1.807) is 11.0 Å². The van der Waals surface area contributed by atoms with E-state index < -0.39 is 10.0 Å². The largest absolute Gasteiger partial charge is 0.336 e. The number of halogens is 1. The molecule has 1 fully saturated rings. The summed E-state index contributed by atoms with van der Waals surface area (Å²) in [5.41, 5.74) is 1.64. The van der Waals surface area contributed by atoms with E-state index >= 15 is 0 Å². The summed E-state index contributed by atoms with van der Waals surface area (Å²) in [6.45, 7) is 3.52. The molecule has 7 heteroatoms. The van der Waals surface area contributed by atoms with Crippen molar-refractivity contribution >= 4 is 31.9 Å². The second-order valence-electron chi connectivity index (χ2n) is 4.92. The number of nitrogens with zero attached hydrogens (tertiary/aromatic N) is 2. The molecular formula is C13H17BrN2O3S. The molecule has 0 unspecified atom stereocenters. The Morgan fingerprint density at radius 2 is 1.80 bits per heavy atom. The zero-order valence-electron chi connectivity index (χ0n) is 11.5. The van der Waals surface area contributed by atoms with Gasteiger partial charge in [-0.15, -0.1) is 0 Å². The SMILES string of the molecule is Cc1cc(C(=O)N2CCN(S(C)(=O)=O)CC2)ccc1Br. The van der Waals surface area contributed by atoms with Crippen LogP contribution in [-0.2, 0) is 10.0 Å². The van der Waals surface area contributed by atoms with E-state index in [9.17, 15) is 13.2 Å². The van der Waals surface area contributed by atoms with Crippen LogP contribution in [0.25, 0.3) is 0 Å². The van der Waals surface area contributed by atoms with Crippen LogP contribution in [0.2, 0.25) is 0 Å². The Balaban J connectivity index is 2.07. The average Bonchev–Trinajstić information content (AvgIpc) is 2.40. The van der Waals surface area contributed by atoms with Gasteiger partial charge in [-0.25, -0.2) is 8.42 Å². The summed E-state index contributed by atoms with van der Waals surface area (Å²) < 4.78 is 25.2. The second-order valence-corrected chi connectivity index (χ2v) is 7.75. The van der Waals surface area contributed by atoms with E-state index in [0.29, 0.717) is 31.7 Å². The van der Waals surface area contributed by atoms with E-state index in [1.165, 1.54) is 10.6 Å². The van der Waals surface area contributed by atoms with Crippen LogP contribution >= 0.6 is 15.9 Å². The van der Waals surface area contributed by atoms with Gasteiger partial charge in [0.15, 0.2) is 0 Å². The maximum absolute atomic E-state index is 12.4. The maximum atomic E-state index is 12.4. The summed E-state index contributed by atoms with van der Waals surface area (Å²) in [6.07, 6.45) is 1.20. The Morgan fingerprint density at radius 1 is 1.20 bits per heavy atom. The molecule has 0 bridgehead atoms. The van der Waals surface area contributed by atoms with E-state index in [2.05, 4.69) is 15.9 Å². The summed E-state index contributed by atoms with van der Waals surface area (Å²) in [5.74, 6) is -0.0475. The van der Waals surface area contributed by atoms with Gasteiger partial charge in [0.2, 0.25) is 10.0 Å². The zero-order valence-corrected chi connectivity index (χ0v) is 13.9. The van der Waals surface area contributed by atoms with Gasteiger partial charge in [0.25, 0.3) is 5.91 Å². The van der Waals surface area contributed by atoms with Crippen molar-refractivity contribution in [3.63, 3.8) is 0 Å². The fourth-order valence-electron chi connectivity index (χ4n) is 2.18. The van der Waals surface area contributed by atoms with Crippen LogP contribution in [0.5, 0.6) is 0 Å². The predicted octanol–water partition coefficient (Wildman–Crippen LogP) is 1.47. The van der Waals surface area contributed by atoms with E-state index in [1.807, 2.05) is 19.1 Å². The van der Waals surface area contributed by atoms with Crippen molar-refractivity contribution in [1.82, 2.24) is 9.21 Å². The number of sulfonamides is 1. The minimum absolute atomic E-state index is 0.0475. The molecule has 0 saturated carbocycles. The van der Waals surface area contributed by atoms with Crippen molar-refractivity contribution in [2.45, 2.75) is 6.92 Å². The van der Waals surface area contributed by atoms with Crippen LogP contribution in [0.3, 0.4) is 0 Å². The smallest absolute Gasteiger partial charge is 0.253 e. The molecule has 0 aromatic heterocycles. The summed E-state index contributed by atoms with van der Waals surface area (Å²) in [6, 6.07) is 5.48. The van der Waals surface area contributed by atoms with Crippen molar-refractivity contribution in [2.24, 2.45) is 0 Å². The van der Waals surface area contributed by atoms with Gasteiger partial charge in [-0.2, -0.15) is 4.31 Å². The molecule has 1 aromatic rings. The quantitative estimate of drug-likeness (QED) is 0.802. The number of amides is 1. The van der Waals surface area contributed by atoms with Crippen molar-refractivity contribution < 1.29 is 13.2 Å². The number of carbonyl (C=O) groups excluding carboxylic acids is 1. The third-order valence-corrected chi connectivity index (χ3v) is 5.59. The van der Waals surface area contributed by atoms with Crippen molar-refractivity contribution in [3.8, 4) is 0 Å². The molecule has 1 aromatic carbocycles. The molecule has 1 saturated heterocycles. The molecule has 0 atom stereocenters. The lowest BCUT2D eigenvalue weighted by molar-refractivity contribution is 0.0698. The number of carbonyl (C=O) groups is 1. The lowest BCUT2D eigenvalue weighted by atomic mass is 10.1. The van der Waals surface area contributed by atoms with Crippen LogP contribution < -0.4 is 0 Å². The number of benzene rings is 1. The van der Waals surface area contributed by atoms with Crippen LogP contribution in [-0.4, -0.2) is 56.0 Å². The van der Waals surface area contributed by atoms with Gasteiger partial charge in [-0.05, 0) is 30.7 Å². The highest BCUT2D eigenvalue weighted by atomic mass is 79.9. The maximum Gasteiger partial charge on any atom is 0.253 e. The lowest BCUT2D eigenvalue weighted by Crippen LogP contribution is -2.50. The minimum atomic E-state index is -3.16. The topological polar surface area (TPSA) is 57.7 Å². The van der Waals surface area contributed by atoms with Crippen LogP contribution in [0.4, 0.5) is 0 Å². The molecule has 0 radical (unpaired) electrons. The predicted molar refractivity (Wildman–Crippen MR) is 81.2 cm³/mol. The van der Waals surface area contributed by atoms with Crippen LogP contribution in [0.15, 0.2) is 22.7 Å². The van der Waals surface area contributed by atoms with Crippen molar-refractivity contribution in [1.29, 1.82) is 0 Å². The Bertz CT molecular complexity index is 623. The van der Waals surface area contributed by atoms with E-state index in [0.717, 1.165) is 10.0 Å². The average molecular weight is 361 g/mol. The van der Waals surface area contributed by atoms with Gasteiger partial charge in [0.05, 0.1) is 6.26 Å². The Morgan fingerprint density at radius 3 is 2.30 bits per heavy atom. The summed E-state index contributed by atoms with van der Waals surface area (Å²) in [5, 5.41) is 0. The lowest BCUT2D eigenvalue weighted by Gasteiger charge is -2.33. The highest BCUT2D eigenvalue weighted by molar-refractivity contribution is 9.10. The molecule has 0 spiro atoms. The number of aryl methyl sites for hydroxylation is 1. The fourth-order valence-corrected chi connectivity index (χ4v) is 3.26. The first-order valence-electron chi connectivity index (χ1n) is 6.29. The summed E-state index contributed by atoms with van der Waals surface area (Å²) in [4.78, 5) is 14.1. The molecule has 1 aliphatic heterocycles. The van der Waals surface area contributed by atoms with Gasteiger partial charge < -0.3 is 4.90 Å².